The SMILES string of the molecule is O=C(OC[C@H]1O[C@@H](n2cnc3c(N(C(=O)c4ccccc4)C(=O)c4ccccc4)ncnc32)[C@H](OC(=O)c2ccccc2)[C@H]1C[C@H]1O[C@H](COCc2ccccc2)[C@@H](OCc2ccccc2)[C@H](OCc2ccccc2)[C@H]1OC(=O)c1ccccc1)c1ccccc1. The highest BCUT2D eigenvalue weighted by Gasteiger charge is 2.55. The molecule has 2 fully saturated rings. The van der Waals surface area contributed by atoms with Crippen molar-refractivity contribution in [3.05, 3.63) is 300 Å². The van der Waals surface area contributed by atoms with E-state index in [1.165, 1.54) is 17.2 Å². The molecular weight excluding hydrogens is 1150 g/mol. The van der Waals surface area contributed by atoms with E-state index in [0.29, 0.717) is 0 Å². The Morgan fingerprint density at radius 3 is 1.36 bits per heavy atom. The van der Waals surface area contributed by atoms with Crippen molar-refractivity contribution >= 4 is 46.7 Å². The van der Waals surface area contributed by atoms with Crippen molar-refractivity contribution in [2.45, 2.75) is 75.2 Å². The summed E-state index contributed by atoms with van der Waals surface area (Å²) >= 11 is 0. The van der Waals surface area contributed by atoms with E-state index < -0.39 is 91.2 Å². The van der Waals surface area contributed by atoms with Gasteiger partial charge in [0.15, 0.2) is 35.4 Å². The van der Waals surface area contributed by atoms with Crippen LogP contribution in [-0.2, 0) is 57.7 Å². The van der Waals surface area contributed by atoms with Gasteiger partial charge in [-0.1, -0.05) is 182 Å². The van der Waals surface area contributed by atoms with E-state index in [9.17, 15) is 24.0 Å². The number of carbonyl (C=O) groups is 5. The number of rotatable bonds is 23. The zero-order chi connectivity index (χ0) is 62.3. The highest BCUT2D eigenvalue weighted by molar-refractivity contribution is 6.27. The topological polar surface area (TPSA) is 206 Å². The standard InChI is InChI=1S/C73H63N5O13/c79-68(52-31-15-4-16-32-52)78(69(80)53-33-17-5-18-34-53)67-61-66(74-47-75-67)77(48-76-61)70-62(90-72(82)55-37-21-7-22-38-55)57(59(89-70)46-87-71(81)54-35-19-6-20-36-54)41-58-64(91-73(83)56-39-23-8-24-40-56)65(86-44-51-29-13-3-14-30-51)63(85-43-50-27-11-2-12-28-50)60(88-58)45-84-42-49-25-9-1-10-26-49/h1-40,47-48,57-60,62-65,70H,41-46H2/t57-,58+,59+,60+,62+,63+,64-,65-,70+/m0/s1. The van der Waals surface area contributed by atoms with Gasteiger partial charge in [0, 0.05) is 17.0 Å². The molecule has 18 heteroatoms. The van der Waals surface area contributed by atoms with Gasteiger partial charge in [-0.15, -0.1) is 0 Å². The number of imide groups is 1. The number of carbonyl (C=O) groups excluding carboxylic acids is 5. The molecule has 0 saturated carbocycles. The molecule has 2 saturated heterocycles. The molecule has 91 heavy (non-hydrogen) atoms. The maximum Gasteiger partial charge on any atom is 0.338 e. The predicted molar refractivity (Wildman–Crippen MR) is 334 cm³/mol. The molecule has 458 valence electrons. The third kappa shape index (κ3) is 14.6. The molecule has 2 amide bonds. The molecule has 10 aromatic rings. The van der Waals surface area contributed by atoms with Crippen LogP contribution < -0.4 is 4.90 Å². The van der Waals surface area contributed by atoms with Crippen molar-refractivity contribution in [2.24, 2.45) is 5.92 Å². The fourth-order valence-electron chi connectivity index (χ4n) is 11.4. The van der Waals surface area contributed by atoms with Gasteiger partial charge in [0.05, 0.1) is 55.5 Å². The second-order valence-electron chi connectivity index (χ2n) is 21.8. The highest BCUT2D eigenvalue weighted by atomic mass is 16.6. The monoisotopic (exact) mass is 1220 g/mol. The van der Waals surface area contributed by atoms with E-state index in [0.717, 1.165) is 21.6 Å². The molecule has 2 aromatic heterocycles. The van der Waals surface area contributed by atoms with Crippen LogP contribution >= 0.6 is 0 Å². The van der Waals surface area contributed by atoms with Crippen molar-refractivity contribution in [1.29, 1.82) is 0 Å². The van der Waals surface area contributed by atoms with E-state index in [-0.39, 0.29) is 77.6 Å². The van der Waals surface area contributed by atoms with Crippen LogP contribution in [0.3, 0.4) is 0 Å². The lowest BCUT2D eigenvalue weighted by Gasteiger charge is -2.46. The lowest BCUT2D eigenvalue weighted by atomic mass is 9.85. The van der Waals surface area contributed by atoms with Crippen LogP contribution in [0, 0.1) is 5.92 Å². The zero-order valence-corrected chi connectivity index (χ0v) is 49.2. The summed E-state index contributed by atoms with van der Waals surface area (Å²) in [5.41, 5.74) is 3.83. The Labute approximate surface area is 524 Å². The number of imidazole rings is 1. The number of hydrogen-bond acceptors (Lipinski definition) is 16. The summed E-state index contributed by atoms with van der Waals surface area (Å²) in [6, 6.07) is 70.9. The van der Waals surface area contributed by atoms with Crippen LogP contribution in [0.5, 0.6) is 0 Å². The van der Waals surface area contributed by atoms with Gasteiger partial charge >= 0.3 is 17.9 Å². The minimum Gasteiger partial charge on any atom is -0.459 e. The molecule has 0 unspecified atom stereocenters. The number of nitrogens with zero attached hydrogens (tertiary/aromatic N) is 5. The van der Waals surface area contributed by atoms with Gasteiger partial charge in [0.1, 0.15) is 37.4 Å². The summed E-state index contributed by atoms with van der Waals surface area (Å²) in [6.45, 7) is -0.0251. The number of esters is 3. The molecular formula is C73H63N5O13. The van der Waals surface area contributed by atoms with Crippen LogP contribution in [-0.4, -0.2) is 105 Å². The Morgan fingerprint density at radius 2 is 0.857 bits per heavy atom. The molecule has 8 aromatic carbocycles. The Bertz CT molecular complexity index is 3980. The number of aromatic nitrogens is 4. The van der Waals surface area contributed by atoms with E-state index >= 15 is 0 Å². The normalized spacial score (nSPS) is 20.3. The third-order valence-electron chi connectivity index (χ3n) is 15.9. The molecule has 2 aliphatic heterocycles. The number of anilines is 1. The second kappa shape index (κ2) is 29.3. The number of fused-ring (bicyclic) bond motifs is 1. The fraction of sp³-hybridized carbons (Fsp3) is 0.205. The first-order valence-electron chi connectivity index (χ1n) is 29.9. The first-order chi connectivity index (χ1) is 44.7. The molecule has 4 heterocycles. The number of ether oxygens (including phenoxy) is 8. The van der Waals surface area contributed by atoms with Crippen LogP contribution in [0.25, 0.3) is 11.2 Å². The average molecular weight is 1220 g/mol. The predicted octanol–water partition coefficient (Wildman–Crippen LogP) is 11.7. The Hall–Kier alpha value is -10.3. The van der Waals surface area contributed by atoms with Crippen LogP contribution in [0.4, 0.5) is 5.82 Å². The summed E-state index contributed by atoms with van der Waals surface area (Å²) in [6.07, 6.45) is -6.62. The molecule has 0 N–H and O–H groups in total. The van der Waals surface area contributed by atoms with Gasteiger partial charge in [0.25, 0.3) is 11.8 Å². The summed E-state index contributed by atoms with van der Waals surface area (Å²) in [5, 5.41) is 0. The smallest absolute Gasteiger partial charge is 0.338 e. The molecule has 0 aliphatic carbocycles. The summed E-state index contributed by atoms with van der Waals surface area (Å²) in [5.74, 6) is -4.59. The van der Waals surface area contributed by atoms with Gasteiger partial charge in [0.2, 0.25) is 0 Å². The maximum atomic E-state index is 14.8. The molecule has 18 nitrogen and oxygen atoms in total. The summed E-state index contributed by atoms with van der Waals surface area (Å²) < 4.78 is 56.2. The van der Waals surface area contributed by atoms with E-state index in [2.05, 4.69) is 9.97 Å². The van der Waals surface area contributed by atoms with Crippen molar-refractivity contribution in [1.82, 2.24) is 19.5 Å². The van der Waals surface area contributed by atoms with Crippen LogP contribution in [0.2, 0.25) is 0 Å². The summed E-state index contributed by atoms with van der Waals surface area (Å²) in [4.78, 5) is 88.0. The molecule has 0 radical (unpaired) electrons. The van der Waals surface area contributed by atoms with E-state index in [1.807, 2.05) is 91.0 Å². The third-order valence-corrected chi connectivity index (χ3v) is 15.9. The minimum absolute atomic E-state index is 0.0186. The van der Waals surface area contributed by atoms with E-state index in [1.54, 1.807) is 152 Å². The van der Waals surface area contributed by atoms with Gasteiger partial charge in [-0.3, -0.25) is 14.2 Å². The van der Waals surface area contributed by atoms with E-state index in [4.69, 9.17) is 42.9 Å². The Balaban J connectivity index is 0.987. The lowest BCUT2D eigenvalue weighted by molar-refractivity contribution is -0.264. The van der Waals surface area contributed by atoms with Crippen molar-refractivity contribution < 1.29 is 61.9 Å². The highest BCUT2D eigenvalue weighted by Crippen LogP contribution is 2.44. The molecule has 0 bridgehead atoms. The average Bonchev–Trinajstić information content (AvgIpc) is 1.67. The van der Waals surface area contributed by atoms with Gasteiger partial charge in [-0.05, 0) is 83.8 Å². The summed E-state index contributed by atoms with van der Waals surface area (Å²) in [7, 11) is 0. The van der Waals surface area contributed by atoms with Crippen molar-refractivity contribution in [2.75, 3.05) is 18.1 Å². The number of benzene rings is 8. The van der Waals surface area contributed by atoms with Crippen molar-refractivity contribution in [3.63, 3.8) is 0 Å². The Kier molecular flexibility index (Phi) is 19.6. The fourth-order valence-corrected chi connectivity index (χ4v) is 11.4. The molecule has 12 rings (SSSR count). The van der Waals surface area contributed by atoms with Gasteiger partial charge in [-0.2, -0.15) is 0 Å². The van der Waals surface area contributed by atoms with Crippen LogP contribution in [0.1, 0.15) is 81.1 Å². The number of hydrogen-bond donors (Lipinski definition) is 0. The maximum absolute atomic E-state index is 14.8. The van der Waals surface area contributed by atoms with Crippen molar-refractivity contribution in [3.8, 4) is 0 Å². The van der Waals surface area contributed by atoms with Crippen LogP contribution in [0.15, 0.2) is 255 Å². The lowest BCUT2D eigenvalue weighted by Crippen LogP contribution is -2.62. The van der Waals surface area contributed by atoms with Gasteiger partial charge in [-0.25, -0.2) is 34.2 Å². The quantitative estimate of drug-likeness (QED) is 0.0332. The molecule has 2 aliphatic rings. The molecule has 9 atom stereocenters. The minimum atomic E-state index is -1.33. The van der Waals surface area contributed by atoms with Gasteiger partial charge < -0.3 is 37.9 Å². The first kappa shape index (κ1) is 60.9. The number of amides is 2. The first-order valence-corrected chi connectivity index (χ1v) is 29.9. The zero-order valence-electron chi connectivity index (χ0n) is 49.2. The Morgan fingerprint density at radius 1 is 0.418 bits per heavy atom. The largest absolute Gasteiger partial charge is 0.459 e. The molecule has 0 spiro atoms. The second-order valence-corrected chi connectivity index (χ2v) is 21.8.